The average Bonchev–Trinajstić information content (AvgIpc) is 3.01. The van der Waals surface area contributed by atoms with Gasteiger partial charge in [0, 0.05) is 19.0 Å². The van der Waals surface area contributed by atoms with Crippen molar-refractivity contribution in [1.82, 2.24) is 5.43 Å². The Balaban J connectivity index is 1.64. The molecular weight excluding hydrogens is 385 g/mol. The molecule has 3 rings (SSSR count). The average molecular weight is 399 g/mol. The van der Waals surface area contributed by atoms with Crippen LogP contribution >= 0.6 is 0 Å². The van der Waals surface area contributed by atoms with Crippen LogP contribution < -0.4 is 15.8 Å². The number of rotatable bonds is 4. The van der Waals surface area contributed by atoms with Crippen LogP contribution in [0.4, 0.5) is 33.3 Å². The Hall–Kier alpha value is -3.17. The second kappa shape index (κ2) is 7.45. The van der Waals surface area contributed by atoms with Crippen LogP contribution in [-0.2, 0) is 15.8 Å². The molecule has 28 heavy (non-hydrogen) atoms. The minimum Gasteiger partial charge on any atom is -0.309 e. The molecule has 1 fully saturated rings. The van der Waals surface area contributed by atoms with Gasteiger partial charge in [0.05, 0.1) is 22.9 Å². The van der Waals surface area contributed by atoms with Crippen LogP contribution in [0.1, 0.15) is 12.0 Å². The van der Waals surface area contributed by atoms with Crippen molar-refractivity contribution in [3.8, 4) is 0 Å². The second-order valence-corrected chi connectivity index (χ2v) is 6.19. The Morgan fingerprint density at radius 3 is 2.54 bits per heavy atom. The fraction of sp³-hybridized carbons (Fsp3) is 0.222. The van der Waals surface area contributed by atoms with Crippen molar-refractivity contribution in [2.24, 2.45) is 5.92 Å². The third kappa shape index (κ3) is 4.21. The minimum atomic E-state index is -4.53. The van der Waals surface area contributed by atoms with E-state index in [1.54, 1.807) is 0 Å². The highest BCUT2D eigenvalue weighted by Crippen LogP contribution is 2.31. The van der Waals surface area contributed by atoms with Crippen LogP contribution in [0.25, 0.3) is 0 Å². The first-order chi connectivity index (χ1) is 13.1. The van der Waals surface area contributed by atoms with E-state index in [4.69, 9.17) is 0 Å². The number of carbonyl (C=O) groups is 2. The summed E-state index contributed by atoms with van der Waals surface area (Å²) in [5.41, 5.74) is 3.59. The lowest BCUT2D eigenvalue weighted by Gasteiger charge is -2.18. The predicted octanol–water partition coefficient (Wildman–Crippen LogP) is 3.48. The van der Waals surface area contributed by atoms with Gasteiger partial charge in [-0.25, -0.2) is 8.78 Å². The number of nitrogens with zero attached hydrogens (tertiary/aromatic N) is 1. The number of hydrazine groups is 1. The van der Waals surface area contributed by atoms with Crippen molar-refractivity contribution in [3.05, 3.63) is 59.7 Å². The van der Waals surface area contributed by atoms with Crippen LogP contribution in [-0.4, -0.2) is 18.4 Å². The van der Waals surface area contributed by atoms with Crippen molar-refractivity contribution < 1.29 is 31.5 Å². The fourth-order valence-electron chi connectivity index (χ4n) is 2.83. The normalized spacial score (nSPS) is 17.0. The quantitative estimate of drug-likeness (QED) is 0.611. The summed E-state index contributed by atoms with van der Waals surface area (Å²) in [4.78, 5) is 25.4. The molecule has 0 aromatic heterocycles. The lowest BCUT2D eigenvalue weighted by atomic mass is 10.1. The van der Waals surface area contributed by atoms with Crippen molar-refractivity contribution >= 4 is 23.2 Å². The molecule has 1 atom stereocenters. The van der Waals surface area contributed by atoms with Gasteiger partial charge in [-0.05, 0) is 30.3 Å². The van der Waals surface area contributed by atoms with Gasteiger partial charge in [-0.2, -0.15) is 13.2 Å². The third-order valence-electron chi connectivity index (χ3n) is 4.22. The highest BCUT2D eigenvalue weighted by Gasteiger charge is 2.36. The largest absolute Gasteiger partial charge is 0.416 e. The number of hydrogen-bond donors (Lipinski definition) is 2. The topological polar surface area (TPSA) is 61.4 Å². The first kappa shape index (κ1) is 19.6. The fourth-order valence-corrected chi connectivity index (χ4v) is 2.83. The Labute approximate surface area is 156 Å². The van der Waals surface area contributed by atoms with Gasteiger partial charge in [0.15, 0.2) is 0 Å². The van der Waals surface area contributed by atoms with Gasteiger partial charge in [0.2, 0.25) is 11.8 Å². The standard InChI is InChI=1S/C18H14F5N3O2/c19-12-4-5-15(14(20)8-12)26-9-10(6-16(26)27)17(28)25-24-13-3-1-2-11(7-13)18(21,22)23/h1-5,7-8,10,24H,6,9H2,(H,25,28). The summed E-state index contributed by atoms with van der Waals surface area (Å²) < 4.78 is 65.0. The van der Waals surface area contributed by atoms with E-state index in [0.29, 0.717) is 6.07 Å². The number of amides is 2. The second-order valence-electron chi connectivity index (χ2n) is 6.19. The number of anilines is 2. The van der Waals surface area contributed by atoms with Crippen LogP contribution in [0, 0.1) is 17.6 Å². The first-order valence-electron chi connectivity index (χ1n) is 8.13. The molecule has 2 N–H and O–H groups in total. The van der Waals surface area contributed by atoms with Gasteiger partial charge < -0.3 is 4.90 Å². The maximum atomic E-state index is 13.9. The summed E-state index contributed by atoms with van der Waals surface area (Å²) in [6.07, 6.45) is -4.74. The molecule has 10 heteroatoms. The van der Waals surface area contributed by atoms with Gasteiger partial charge in [-0.1, -0.05) is 6.07 Å². The van der Waals surface area contributed by atoms with Crippen LogP contribution in [0.2, 0.25) is 0 Å². The molecule has 5 nitrogen and oxygen atoms in total. The van der Waals surface area contributed by atoms with E-state index in [1.165, 1.54) is 12.1 Å². The highest BCUT2D eigenvalue weighted by atomic mass is 19.4. The highest BCUT2D eigenvalue weighted by molar-refractivity contribution is 6.00. The van der Waals surface area contributed by atoms with Gasteiger partial charge >= 0.3 is 6.18 Å². The van der Waals surface area contributed by atoms with Crippen LogP contribution in [0.15, 0.2) is 42.5 Å². The number of nitrogens with one attached hydrogen (secondary N) is 2. The van der Waals surface area contributed by atoms with Gasteiger partial charge in [0.1, 0.15) is 11.6 Å². The third-order valence-corrected chi connectivity index (χ3v) is 4.22. The maximum Gasteiger partial charge on any atom is 0.416 e. The molecule has 1 heterocycles. The summed E-state index contributed by atoms with van der Waals surface area (Å²) in [5.74, 6) is -3.75. The lowest BCUT2D eigenvalue weighted by Crippen LogP contribution is -2.36. The molecule has 1 aliphatic heterocycles. The number of carbonyl (C=O) groups excluding carboxylic acids is 2. The minimum absolute atomic E-state index is 0.00827. The maximum absolute atomic E-state index is 13.9. The van der Waals surface area contributed by atoms with E-state index in [-0.39, 0.29) is 24.3 Å². The summed E-state index contributed by atoms with van der Waals surface area (Å²) in [6.45, 7) is -0.141. The number of benzene rings is 2. The zero-order valence-electron chi connectivity index (χ0n) is 14.2. The zero-order chi connectivity index (χ0) is 20.5. The van der Waals surface area contributed by atoms with E-state index >= 15 is 0 Å². The Kier molecular flexibility index (Phi) is 5.21. The summed E-state index contributed by atoms with van der Waals surface area (Å²) >= 11 is 0. The van der Waals surface area contributed by atoms with E-state index < -0.39 is 41.1 Å². The smallest absolute Gasteiger partial charge is 0.309 e. The molecule has 148 valence electrons. The van der Waals surface area contributed by atoms with E-state index in [9.17, 15) is 31.5 Å². The van der Waals surface area contributed by atoms with E-state index in [2.05, 4.69) is 10.9 Å². The zero-order valence-corrected chi connectivity index (χ0v) is 14.2. The number of hydrogen-bond acceptors (Lipinski definition) is 3. The van der Waals surface area contributed by atoms with Gasteiger partial charge in [-0.3, -0.25) is 20.4 Å². The molecule has 2 amide bonds. The SMILES string of the molecule is O=C(NNc1cccc(C(F)(F)F)c1)C1CC(=O)N(c2ccc(F)cc2F)C1. The molecule has 2 aromatic carbocycles. The molecule has 1 aliphatic rings. The molecule has 0 saturated carbocycles. The molecule has 0 aliphatic carbocycles. The van der Waals surface area contributed by atoms with Crippen molar-refractivity contribution in [3.63, 3.8) is 0 Å². The molecule has 2 aromatic rings. The van der Waals surface area contributed by atoms with Crippen molar-refractivity contribution in [2.75, 3.05) is 16.9 Å². The van der Waals surface area contributed by atoms with Crippen LogP contribution in [0.5, 0.6) is 0 Å². The number of alkyl halides is 3. The molecule has 0 radical (unpaired) electrons. The Morgan fingerprint density at radius 1 is 1.11 bits per heavy atom. The Morgan fingerprint density at radius 2 is 1.86 bits per heavy atom. The molecule has 1 saturated heterocycles. The molecule has 1 unspecified atom stereocenters. The lowest BCUT2D eigenvalue weighted by molar-refractivity contribution is -0.137. The molecule has 0 bridgehead atoms. The Bertz CT molecular complexity index is 916. The summed E-state index contributed by atoms with van der Waals surface area (Å²) in [6, 6.07) is 6.94. The van der Waals surface area contributed by atoms with E-state index in [0.717, 1.165) is 29.2 Å². The van der Waals surface area contributed by atoms with Gasteiger partial charge in [0.25, 0.3) is 0 Å². The van der Waals surface area contributed by atoms with Crippen molar-refractivity contribution in [2.45, 2.75) is 12.6 Å². The molecular formula is C18H14F5N3O2. The molecule has 0 spiro atoms. The van der Waals surface area contributed by atoms with Gasteiger partial charge in [-0.15, -0.1) is 0 Å². The van der Waals surface area contributed by atoms with Crippen LogP contribution in [0.3, 0.4) is 0 Å². The first-order valence-corrected chi connectivity index (χ1v) is 8.13. The number of halogens is 5. The summed E-state index contributed by atoms with van der Waals surface area (Å²) in [7, 11) is 0. The summed E-state index contributed by atoms with van der Waals surface area (Å²) in [5, 5.41) is 0. The predicted molar refractivity (Wildman–Crippen MR) is 90.0 cm³/mol. The van der Waals surface area contributed by atoms with Crippen molar-refractivity contribution in [1.29, 1.82) is 0 Å². The monoisotopic (exact) mass is 399 g/mol. The van der Waals surface area contributed by atoms with E-state index in [1.807, 2.05) is 0 Å².